The van der Waals surface area contributed by atoms with Crippen molar-refractivity contribution in [3.05, 3.63) is 0 Å². The molecular weight excluding hydrogens is 653 g/mol. The largest absolute Gasteiger partial charge is 0.415 e. The number of ketones is 6. The van der Waals surface area contributed by atoms with Crippen molar-refractivity contribution in [2.24, 2.45) is 0 Å². The van der Waals surface area contributed by atoms with Crippen LogP contribution in [0.4, 0.5) is 0 Å². The van der Waals surface area contributed by atoms with Gasteiger partial charge in [0, 0.05) is 66.0 Å². The number of hydrogen-bond donors (Lipinski definition) is 0. The minimum Gasteiger partial charge on any atom is -0.415 e. The summed E-state index contributed by atoms with van der Waals surface area (Å²) in [6, 6.07) is 0. The van der Waals surface area contributed by atoms with Crippen molar-refractivity contribution in [1.82, 2.24) is 0 Å². The molecule has 2 radical (unpaired) electrons. The zero-order valence-electron chi connectivity index (χ0n) is 9.84. The number of Topliss-reactive ketones (excluding diaryl/α,β-unsaturated/α-hetero) is 6. The Morgan fingerprint density at radius 3 is 0.636 bits per heavy atom. The molecule has 0 saturated carbocycles. The van der Waals surface area contributed by atoms with Crippen LogP contribution in [0.2, 0.25) is 0 Å². The van der Waals surface area contributed by atoms with E-state index in [1.807, 2.05) is 0 Å². The molecule has 0 aromatic rings. The summed E-state index contributed by atoms with van der Waals surface area (Å²) in [5.41, 5.74) is 0. The summed E-state index contributed by atoms with van der Waals surface area (Å²) >= 11 is 0. The van der Waals surface area contributed by atoms with Crippen LogP contribution in [0.15, 0.2) is 0 Å². The molecular formula is C10O10Re2-4. The molecule has 0 aliphatic heterocycles. The Kier molecular flexibility index (Phi) is 19.8. The number of carbonyl (C=O) groups is 6. The summed E-state index contributed by atoms with van der Waals surface area (Å²) in [5, 5.41) is 0. The van der Waals surface area contributed by atoms with E-state index in [4.69, 9.17) is 0 Å². The Labute approximate surface area is 148 Å². The van der Waals surface area contributed by atoms with E-state index in [9.17, 15) is 47.9 Å². The third-order valence-electron chi connectivity index (χ3n) is 1.20. The summed E-state index contributed by atoms with van der Waals surface area (Å²) in [6.07, 6.45) is 2.57. The second-order valence-electron chi connectivity index (χ2n) is 2.38. The van der Waals surface area contributed by atoms with Crippen molar-refractivity contribution in [3.63, 3.8) is 0 Å². The predicted octanol–water partition coefficient (Wildman–Crippen LogP) is -4.18. The van der Waals surface area contributed by atoms with Crippen LogP contribution >= 0.6 is 0 Å². The fraction of sp³-hybridized carbons (Fsp3) is 0. The van der Waals surface area contributed by atoms with Crippen molar-refractivity contribution in [3.8, 4) is 0 Å². The van der Waals surface area contributed by atoms with E-state index in [0.29, 0.717) is 25.1 Å². The molecule has 12 heteroatoms. The number of carbonyl (C=O) groups excluding carboxylic acids is 10. The Balaban J connectivity index is -0.000000135. The first-order valence-electron chi connectivity index (χ1n) is 4.04. The maximum absolute atomic E-state index is 10.1. The molecule has 0 N–H and O–H groups in total. The minimum atomic E-state index is -1.70. The maximum atomic E-state index is 10.1. The summed E-state index contributed by atoms with van der Waals surface area (Å²) < 4.78 is 0. The van der Waals surface area contributed by atoms with E-state index in [0.717, 1.165) is 0 Å². The Morgan fingerprint density at radius 1 is 0.409 bits per heavy atom. The van der Waals surface area contributed by atoms with E-state index in [1.54, 1.807) is 0 Å². The standard InChI is InChI=1S/2C5O5.2Re/c2*6-1-3(8)5(10)4(9)2-7;;/q2*-2;;. The molecule has 0 spiro atoms. The van der Waals surface area contributed by atoms with Gasteiger partial charge < -0.3 is 47.9 Å². The second kappa shape index (κ2) is 15.4. The summed E-state index contributed by atoms with van der Waals surface area (Å²) in [6.45, 7) is 0. The van der Waals surface area contributed by atoms with Gasteiger partial charge >= 0.3 is 0 Å². The molecule has 0 rings (SSSR count). The van der Waals surface area contributed by atoms with Gasteiger partial charge in [0.25, 0.3) is 0 Å². The molecule has 118 valence electrons. The van der Waals surface area contributed by atoms with Crippen molar-refractivity contribution in [2.45, 2.75) is 0 Å². The average molecular weight is 653 g/mol. The van der Waals surface area contributed by atoms with Gasteiger partial charge in [-0.25, -0.2) is 0 Å². The molecule has 0 amide bonds. The minimum absolute atomic E-state index is 0. The Morgan fingerprint density at radius 2 is 0.545 bits per heavy atom. The van der Waals surface area contributed by atoms with Gasteiger partial charge in [0.1, 0.15) is 11.6 Å². The van der Waals surface area contributed by atoms with Gasteiger partial charge in [-0.15, -0.1) is 0 Å². The maximum Gasteiger partial charge on any atom is 0.101 e. The SMILES string of the molecule is O=[C-]C(=O)C(=O)C(=O)[C-]=O.O=[C-]C(=O)C(=O)C(=O)[C-]=O.[Re].[Re]. The molecule has 22 heavy (non-hydrogen) atoms. The summed E-state index contributed by atoms with van der Waals surface area (Å²) in [7, 11) is 0. The molecule has 0 bridgehead atoms. The number of rotatable bonds is 8. The molecule has 0 aromatic carbocycles. The van der Waals surface area contributed by atoms with Gasteiger partial charge in [0.15, 0.2) is 0 Å². The van der Waals surface area contributed by atoms with Crippen molar-refractivity contribution in [1.29, 1.82) is 0 Å². The Bertz CT molecular complexity index is 442. The van der Waals surface area contributed by atoms with E-state index in [1.165, 1.54) is 0 Å². The molecule has 0 heterocycles. The third-order valence-corrected chi connectivity index (χ3v) is 1.20. The zero-order valence-corrected chi connectivity index (χ0v) is 15.3. The topological polar surface area (TPSA) is 171 Å². The average Bonchev–Trinajstić information content (AvgIpc) is 2.50. The van der Waals surface area contributed by atoms with E-state index >= 15 is 0 Å². The second-order valence-corrected chi connectivity index (χ2v) is 2.38. The van der Waals surface area contributed by atoms with E-state index in [-0.39, 0.29) is 40.8 Å². The smallest absolute Gasteiger partial charge is 0.101 e. The van der Waals surface area contributed by atoms with E-state index in [2.05, 4.69) is 0 Å². The van der Waals surface area contributed by atoms with Crippen LogP contribution in [0.5, 0.6) is 0 Å². The summed E-state index contributed by atoms with van der Waals surface area (Å²) in [4.78, 5) is 97.5. The zero-order chi connectivity index (χ0) is 16.3. The molecule has 0 atom stereocenters. The monoisotopic (exact) mass is 654 g/mol. The van der Waals surface area contributed by atoms with Crippen LogP contribution < -0.4 is 0 Å². The van der Waals surface area contributed by atoms with Crippen LogP contribution in [0.1, 0.15) is 0 Å². The van der Waals surface area contributed by atoms with Gasteiger partial charge in [-0.3, -0.25) is 0 Å². The van der Waals surface area contributed by atoms with Crippen molar-refractivity contribution < 1.29 is 88.8 Å². The first kappa shape index (κ1) is 28.2. The van der Waals surface area contributed by atoms with Gasteiger partial charge in [0.2, 0.25) is 0 Å². The van der Waals surface area contributed by atoms with Crippen molar-refractivity contribution in [2.75, 3.05) is 0 Å². The third kappa shape index (κ3) is 10.8. The quantitative estimate of drug-likeness (QED) is 0.142. The van der Waals surface area contributed by atoms with Crippen LogP contribution in [0, 0.1) is 0 Å². The van der Waals surface area contributed by atoms with Crippen LogP contribution in [0.25, 0.3) is 0 Å². The number of hydrogen-bond acceptors (Lipinski definition) is 10. The molecule has 0 aromatic heterocycles. The molecule has 0 unspecified atom stereocenters. The van der Waals surface area contributed by atoms with Crippen LogP contribution in [-0.2, 0) is 88.8 Å². The first-order chi connectivity index (χ1) is 9.26. The normalized spacial score (nSPS) is 7.27. The van der Waals surface area contributed by atoms with Gasteiger partial charge in [0.05, 0.1) is 23.1 Å². The van der Waals surface area contributed by atoms with Crippen molar-refractivity contribution >= 4 is 59.8 Å². The van der Waals surface area contributed by atoms with E-state index < -0.39 is 34.7 Å². The molecule has 10 nitrogen and oxygen atoms in total. The molecule has 0 fully saturated rings. The fourth-order valence-electron chi connectivity index (χ4n) is 0.392. The fourth-order valence-corrected chi connectivity index (χ4v) is 0.392. The molecule has 0 aliphatic rings. The van der Waals surface area contributed by atoms with Crippen LogP contribution in [-0.4, -0.2) is 59.8 Å². The predicted molar refractivity (Wildman–Crippen MR) is 52.8 cm³/mol. The molecule has 0 aliphatic carbocycles. The van der Waals surface area contributed by atoms with Gasteiger partial charge in [-0.1, -0.05) is 0 Å². The van der Waals surface area contributed by atoms with Gasteiger partial charge in [-0.2, -0.15) is 0 Å². The van der Waals surface area contributed by atoms with Gasteiger partial charge in [-0.05, 0) is 0 Å². The molecule has 0 saturated heterocycles. The first-order valence-corrected chi connectivity index (χ1v) is 4.04. The van der Waals surface area contributed by atoms with Crippen LogP contribution in [0.3, 0.4) is 0 Å². The summed E-state index contributed by atoms with van der Waals surface area (Å²) in [5.74, 6) is -10.0. The Hall–Kier alpha value is -1.98.